The third-order valence-corrected chi connectivity index (χ3v) is 1.22. The first-order valence-corrected chi connectivity index (χ1v) is 3.64. The van der Waals surface area contributed by atoms with E-state index in [9.17, 15) is 13.6 Å². The Hall–Kier alpha value is -0.220. The fourth-order valence-electron chi connectivity index (χ4n) is 0.425. The molecule has 0 saturated carbocycles. The summed E-state index contributed by atoms with van der Waals surface area (Å²) in [6.45, 7) is -0.592. The fraction of sp³-hybridized carbons (Fsp3) is 0.833. The van der Waals surface area contributed by atoms with Crippen molar-refractivity contribution in [2.24, 2.45) is 0 Å². The Bertz CT molecular complexity index is 119. The maximum absolute atomic E-state index is 11.4. The number of Topliss-reactive ketones (excluding diaryl/α,β-unsaturated/α-hetero) is 1. The second kappa shape index (κ2) is 6.49. The fourth-order valence-corrected chi connectivity index (χ4v) is 0.559. The maximum atomic E-state index is 11.4. The van der Waals surface area contributed by atoms with Crippen molar-refractivity contribution < 1.29 is 18.3 Å². The molecule has 66 valence electrons. The highest BCUT2D eigenvalue weighted by Crippen LogP contribution is 1.94. The van der Waals surface area contributed by atoms with Gasteiger partial charge in [0.05, 0.1) is 12.5 Å². The second-order valence-corrected chi connectivity index (χ2v) is 2.16. The highest BCUT2D eigenvalue weighted by molar-refractivity contribution is 6.27. The summed E-state index contributed by atoms with van der Waals surface area (Å²) in [5.41, 5.74) is 0. The number of hydrogen-bond acceptors (Lipinski definition) is 2. The van der Waals surface area contributed by atoms with E-state index in [2.05, 4.69) is 4.74 Å². The standard InChI is InChI=1S/C6H9ClF2O2/c7-3-5(10)1-2-11-4-6(8)9/h6H,1-4H2. The molecule has 0 aromatic heterocycles. The zero-order valence-electron chi connectivity index (χ0n) is 5.86. The number of rotatable bonds is 6. The minimum absolute atomic E-state index is 0.0237. The van der Waals surface area contributed by atoms with Crippen LogP contribution in [0.25, 0.3) is 0 Å². The lowest BCUT2D eigenvalue weighted by molar-refractivity contribution is -0.118. The molecule has 11 heavy (non-hydrogen) atoms. The molecule has 0 aromatic carbocycles. The van der Waals surface area contributed by atoms with Gasteiger partial charge in [0.2, 0.25) is 0 Å². The molecule has 0 fully saturated rings. The van der Waals surface area contributed by atoms with E-state index >= 15 is 0 Å². The number of halogens is 3. The van der Waals surface area contributed by atoms with E-state index in [1.54, 1.807) is 0 Å². The summed E-state index contributed by atoms with van der Waals surface area (Å²) >= 11 is 5.14. The summed E-state index contributed by atoms with van der Waals surface area (Å²) in [4.78, 5) is 10.5. The van der Waals surface area contributed by atoms with E-state index in [1.165, 1.54) is 0 Å². The maximum Gasteiger partial charge on any atom is 0.261 e. The summed E-state index contributed by atoms with van der Waals surface area (Å²) in [6, 6.07) is 0. The van der Waals surface area contributed by atoms with E-state index < -0.39 is 13.0 Å². The molecule has 0 rings (SSSR count). The van der Waals surface area contributed by atoms with Crippen LogP contribution in [-0.4, -0.2) is 31.3 Å². The molecule has 0 aromatic rings. The molecule has 0 spiro atoms. The van der Waals surface area contributed by atoms with Crippen molar-refractivity contribution in [2.45, 2.75) is 12.8 Å². The van der Waals surface area contributed by atoms with Crippen LogP contribution in [0, 0.1) is 0 Å². The van der Waals surface area contributed by atoms with Crippen molar-refractivity contribution in [2.75, 3.05) is 19.1 Å². The number of carbonyl (C=O) groups is 1. The summed E-state index contributed by atoms with van der Waals surface area (Å²) < 4.78 is 27.2. The summed E-state index contributed by atoms with van der Waals surface area (Å²) in [5.74, 6) is -0.279. The van der Waals surface area contributed by atoms with Crippen LogP contribution >= 0.6 is 11.6 Å². The van der Waals surface area contributed by atoms with Gasteiger partial charge in [0.1, 0.15) is 12.4 Å². The van der Waals surface area contributed by atoms with Crippen molar-refractivity contribution >= 4 is 17.4 Å². The topological polar surface area (TPSA) is 26.3 Å². The molecule has 0 aliphatic heterocycles. The zero-order valence-corrected chi connectivity index (χ0v) is 6.61. The predicted molar refractivity (Wildman–Crippen MR) is 37.2 cm³/mol. The molecule has 0 bridgehead atoms. The number of hydrogen-bond donors (Lipinski definition) is 0. The minimum Gasteiger partial charge on any atom is -0.375 e. The van der Waals surface area contributed by atoms with Crippen molar-refractivity contribution in [1.82, 2.24) is 0 Å². The van der Waals surface area contributed by atoms with Crippen LogP contribution < -0.4 is 0 Å². The SMILES string of the molecule is O=C(CCl)CCOCC(F)F. The highest BCUT2D eigenvalue weighted by atomic mass is 35.5. The molecule has 0 heterocycles. The number of alkyl halides is 3. The van der Waals surface area contributed by atoms with Gasteiger partial charge < -0.3 is 4.74 Å². The van der Waals surface area contributed by atoms with Gasteiger partial charge >= 0.3 is 0 Å². The molecule has 0 aliphatic rings. The van der Waals surface area contributed by atoms with Gasteiger partial charge in [-0.15, -0.1) is 11.6 Å². The van der Waals surface area contributed by atoms with E-state index in [-0.39, 0.29) is 24.7 Å². The van der Waals surface area contributed by atoms with Crippen molar-refractivity contribution in [1.29, 1.82) is 0 Å². The average molecular weight is 187 g/mol. The molecule has 5 heteroatoms. The zero-order chi connectivity index (χ0) is 8.69. The molecular formula is C6H9ClF2O2. The summed E-state index contributed by atoms with van der Waals surface area (Å²) in [5, 5.41) is 0. The Labute approximate surface area is 68.5 Å². The van der Waals surface area contributed by atoms with Gasteiger partial charge in [-0.1, -0.05) is 0 Å². The van der Waals surface area contributed by atoms with Crippen LogP contribution in [0.5, 0.6) is 0 Å². The van der Waals surface area contributed by atoms with Gasteiger partial charge in [-0.3, -0.25) is 4.79 Å². The lowest BCUT2D eigenvalue weighted by Gasteiger charge is -2.00. The molecule has 2 nitrogen and oxygen atoms in total. The van der Waals surface area contributed by atoms with Crippen LogP contribution in [0.15, 0.2) is 0 Å². The number of carbonyl (C=O) groups excluding carboxylic acids is 1. The Balaban J connectivity index is 3.08. The number of ether oxygens (including phenoxy) is 1. The Morgan fingerprint density at radius 3 is 2.64 bits per heavy atom. The monoisotopic (exact) mass is 186 g/mol. The van der Waals surface area contributed by atoms with Crippen LogP contribution in [0.2, 0.25) is 0 Å². The largest absolute Gasteiger partial charge is 0.375 e. The van der Waals surface area contributed by atoms with Gasteiger partial charge in [-0.05, 0) is 0 Å². The lowest BCUT2D eigenvalue weighted by atomic mass is 10.3. The van der Waals surface area contributed by atoms with E-state index in [1.807, 2.05) is 0 Å². The molecule has 0 amide bonds. The van der Waals surface area contributed by atoms with Crippen molar-refractivity contribution in [3.63, 3.8) is 0 Å². The third-order valence-electron chi connectivity index (χ3n) is 0.918. The van der Waals surface area contributed by atoms with Gasteiger partial charge in [0.25, 0.3) is 6.43 Å². The molecule has 0 atom stereocenters. The van der Waals surface area contributed by atoms with Gasteiger partial charge in [-0.2, -0.15) is 0 Å². The Morgan fingerprint density at radius 2 is 2.18 bits per heavy atom. The van der Waals surface area contributed by atoms with E-state index in [0.717, 1.165) is 0 Å². The quantitative estimate of drug-likeness (QED) is 0.464. The molecule has 0 N–H and O–H groups in total. The number of ketones is 1. The molecule has 0 unspecified atom stereocenters. The van der Waals surface area contributed by atoms with Gasteiger partial charge in [0, 0.05) is 6.42 Å². The molecule has 0 saturated heterocycles. The highest BCUT2D eigenvalue weighted by Gasteiger charge is 2.03. The second-order valence-electron chi connectivity index (χ2n) is 1.89. The van der Waals surface area contributed by atoms with Crippen LogP contribution in [0.4, 0.5) is 8.78 Å². The van der Waals surface area contributed by atoms with Crippen molar-refractivity contribution in [3.8, 4) is 0 Å². The first kappa shape index (κ1) is 10.8. The summed E-state index contributed by atoms with van der Waals surface area (Å²) in [7, 11) is 0. The Kier molecular flexibility index (Phi) is 6.36. The molecule has 0 radical (unpaired) electrons. The van der Waals surface area contributed by atoms with E-state index in [4.69, 9.17) is 11.6 Å². The first-order valence-electron chi connectivity index (χ1n) is 3.10. The molecule has 0 aliphatic carbocycles. The third kappa shape index (κ3) is 7.68. The smallest absolute Gasteiger partial charge is 0.261 e. The van der Waals surface area contributed by atoms with Crippen molar-refractivity contribution in [3.05, 3.63) is 0 Å². The van der Waals surface area contributed by atoms with Crippen LogP contribution in [0.1, 0.15) is 6.42 Å². The Morgan fingerprint density at radius 1 is 1.55 bits per heavy atom. The minimum atomic E-state index is -2.47. The van der Waals surface area contributed by atoms with Crippen LogP contribution in [0.3, 0.4) is 0 Å². The first-order chi connectivity index (χ1) is 5.16. The average Bonchev–Trinajstić information content (AvgIpc) is 1.97. The van der Waals surface area contributed by atoms with Gasteiger partial charge in [0.15, 0.2) is 0 Å². The summed E-state index contributed by atoms with van der Waals surface area (Å²) in [6.07, 6.45) is -2.36. The van der Waals surface area contributed by atoms with Crippen LogP contribution in [-0.2, 0) is 9.53 Å². The molecular weight excluding hydrogens is 178 g/mol. The lowest BCUT2D eigenvalue weighted by Crippen LogP contribution is -2.09. The van der Waals surface area contributed by atoms with E-state index in [0.29, 0.717) is 0 Å². The van der Waals surface area contributed by atoms with Gasteiger partial charge in [-0.25, -0.2) is 8.78 Å². The predicted octanol–water partition coefficient (Wildman–Crippen LogP) is 1.47. The normalized spacial score (nSPS) is 10.5.